The molecule has 112 valence electrons. The Kier molecular flexibility index (Phi) is 6.60. The zero-order chi connectivity index (χ0) is 14.2. The quantitative estimate of drug-likeness (QED) is 0.768. The second-order valence-corrected chi connectivity index (χ2v) is 5.50. The van der Waals surface area contributed by atoms with Gasteiger partial charge in [-0.2, -0.15) is 0 Å². The summed E-state index contributed by atoms with van der Waals surface area (Å²) >= 11 is 6.05. The van der Waals surface area contributed by atoms with Crippen molar-refractivity contribution in [2.75, 3.05) is 39.4 Å². The number of halogens is 1. The normalized spacial score (nSPS) is 18.6. The van der Waals surface area contributed by atoms with Crippen molar-refractivity contribution < 1.29 is 9.84 Å². The summed E-state index contributed by atoms with van der Waals surface area (Å²) in [5.74, 6) is 0.720. The summed E-state index contributed by atoms with van der Waals surface area (Å²) in [5, 5.41) is 13.3. The molecule has 4 nitrogen and oxygen atoms in total. The molecular weight excluding hydrogens is 276 g/mol. The van der Waals surface area contributed by atoms with Crippen molar-refractivity contribution in [1.29, 1.82) is 0 Å². The molecule has 2 N–H and O–H groups in total. The molecule has 1 atom stereocenters. The van der Waals surface area contributed by atoms with Crippen molar-refractivity contribution in [3.05, 3.63) is 29.3 Å². The molecule has 0 aromatic heterocycles. The Hall–Kier alpha value is -0.810. The van der Waals surface area contributed by atoms with Crippen LogP contribution >= 0.6 is 11.6 Å². The third-order valence-corrected chi connectivity index (χ3v) is 3.87. The third kappa shape index (κ3) is 4.94. The van der Waals surface area contributed by atoms with Crippen LogP contribution < -0.4 is 10.1 Å². The Balaban J connectivity index is 1.75. The molecule has 5 heteroatoms. The van der Waals surface area contributed by atoms with Gasteiger partial charge in [0.2, 0.25) is 0 Å². The minimum Gasteiger partial charge on any atom is -0.491 e. The Bertz CT molecular complexity index is 397. The van der Waals surface area contributed by atoms with E-state index < -0.39 is 0 Å². The SMILES string of the molecule is OCCN(CCOc1ccccc1Cl)CC1CCCN1. The average molecular weight is 299 g/mol. The number of hydrogen-bond acceptors (Lipinski definition) is 4. The van der Waals surface area contributed by atoms with E-state index in [2.05, 4.69) is 10.2 Å². The fourth-order valence-corrected chi connectivity index (χ4v) is 2.70. The molecule has 0 bridgehead atoms. The van der Waals surface area contributed by atoms with Crippen molar-refractivity contribution in [2.24, 2.45) is 0 Å². The fourth-order valence-electron chi connectivity index (χ4n) is 2.51. The van der Waals surface area contributed by atoms with E-state index in [1.54, 1.807) is 0 Å². The molecular formula is C15H23ClN2O2. The first-order valence-corrected chi connectivity index (χ1v) is 7.61. The van der Waals surface area contributed by atoms with Crippen LogP contribution in [0.3, 0.4) is 0 Å². The van der Waals surface area contributed by atoms with E-state index in [1.807, 2.05) is 24.3 Å². The van der Waals surface area contributed by atoms with Gasteiger partial charge in [0, 0.05) is 25.7 Å². The lowest BCUT2D eigenvalue weighted by Crippen LogP contribution is -2.40. The number of hydrogen-bond donors (Lipinski definition) is 2. The van der Waals surface area contributed by atoms with E-state index in [0.29, 0.717) is 24.2 Å². The van der Waals surface area contributed by atoms with Crippen LogP contribution in [0.4, 0.5) is 0 Å². The molecule has 2 rings (SSSR count). The molecule has 0 amide bonds. The predicted molar refractivity (Wildman–Crippen MR) is 81.5 cm³/mol. The van der Waals surface area contributed by atoms with E-state index in [0.717, 1.165) is 25.4 Å². The van der Waals surface area contributed by atoms with Gasteiger partial charge in [-0.25, -0.2) is 0 Å². The lowest BCUT2D eigenvalue weighted by atomic mass is 10.2. The topological polar surface area (TPSA) is 44.7 Å². The standard InChI is InChI=1S/C15H23ClN2O2/c16-14-5-1-2-6-15(14)20-11-9-18(8-10-19)12-13-4-3-7-17-13/h1-2,5-6,13,17,19H,3-4,7-12H2. The number of benzene rings is 1. The highest BCUT2D eigenvalue weighted by Gasteiger charge is 2.17. The molecule has 0 radical (unpaired) electrons. The van der Waals surface area contributed by atoms with Crippen molar-refractivity contribution >= 4 is 11.6 Å². The molecule has 1 fully saturated rings. The highest BCUT2D eigenvalue weighted by molar-refractivity contribution is 6.32. The van der Waals surface area contributed by atoms with Crippen molar-refractivity contribution in [3.63, 3.8) is 0 Å². The smallest absolute Gasteiger partial charge is 0.137 e. The molecule has 0 aliphatic carbocycles. The summed E-state index contributed by atoms with van der Waals surface area (Å²) in [5.41, 5.74) is 0. The summed E-state index contributed by atoms with van der Waals surface area (Å²) in [7, 11) is 0. The lowest BCUT2D eigenvalue weighted by molar-refractivity contribution is 0.159. The number of aliphatic hydroxyl groups excluding tert-OH is 1. The molecule has 20 heavy (non-hydrogen) atoms. The van der Waals surface area contributed by atoms with E-state index in [4.69, 9.17) is 21.4 Å². The summed E-state index contributed by atoms with van der Waals surface area (Å²) in [4.78, 5) is 2.24. The van der Waals surface area contributed by atoms with Crippen LogP contribution in [0.25, 0.3) is 0 Å². The number of ether oxygens (including phenoxy) is 1. The van der Waals surface area contributed by atoms with Gasteiger partial charge in [0.25, 0.3) is 0 Å². The second kappa shape index (κ2) is 8.47. The van der Waals surface area contributed by atoms with Crippen LogP contribution in [0.2, 0.25) is 5.02 Å². The van der Waals surface area contributed by atoms with Gasteiger partial charge in [0.1, 0.15) is 12.4 Å². The molecule has 1 aliphatic rings. The first-order chi connectivity index (χ1) is 9.79. The summed E-state index contributed by atoms with van der Waals surface area (Å²) in [6, 6.07) is 8.04. The maximum Gasteiger partial charge on any atom is 0.137 e. The summed E-state index contributed by atoms with van der Waals surface area (Å²) in [6.45, 7) is 4.31. The van der Waals surface area contributed by atoms with Crippen LogP contribution in [-0.2, 0) is 0 Å². The van der Waals surface area contributed by atoms with Crippen LogP contribution in [0.15, 0.2) is 24.3 Å². The molecule has 1 saturated heterocycles. The van der Waals surface area contributed by atoms with Gasteiger partial charge in [-0.05, 0) is 31.5 Å². The first kappa shape index (κ1) is 15.6. The molecule has 0 spiro atoms. The highest BCUT2D eigenvalue weighted by Crippen LogP contribution is 2.22. The number of nitrogens with one attached hydrogen (secondary N) is 1. The van der Waals surface area contributed by atoms with Gasteiger partial charge < -0.3 is 15.2 Å². The molecule has 1 aromatic rings. The van der Waals surface area contributed by atoms with E-state index >= 15 is 0 Å². The maximum atomic E-state index is 9.15. The second-order valence-electron chi connectivity index (χ2n) is 5.10. The lowest BCUT2D eigenvalue weighted by Gasteiger charge is -2.24. The molecule has 1 aliphatic heterocycles. The largest absolute Gasteiger partial charge is 0.491 e. The van der Waals surface area contributed by atoms with Gasteiger partial charge >= 0.3 is 0 Å². The zero-order valence-electron chi connectivity index (χ0n) is 11.7. The summed E-state index contributed by atoms with van der Waals surface area (Å²) in [6.07, 6.45) is 2.46. The van der Waals surface area contributed by atoms with Gasteiger partial charge in [-0.1, -0.05) is 23.7 Å². The van der Waals surface area contributed by atoms with Gasteiger partial charge in [0.05, 0.1) is 11.6 Å². The Morgan fingerprint density at radius 2 is 2.20 bits per heavy atom. The van der Waals surface area contributed by atoms with Crippen molar-refractivity contribution in [3.8, 4) is 5.75 Å². The number of aliphatic hydroxyl groups is 1. The summed E-state index contributed by atoms with van der Waals surface area (Å²) < 4.78 is 5.70. The van der Waals surface area contributed by atoms with Crippen LogP contribution in [-0.4, -0.2) is 55.4 Å². The number of nitrogens with zero attached hydrogens (tertiary/aromatic N) is 1. The van der Waals surface area contributed by atoms with Gasteiger partial charge in [-0.3, -0.25) is 4.90 Å². The van der Waals surface area contributed by atoms with Gasteiger partial charge in [0.15, 0.2) is 0 Å². The Morgan fingerprint density at radius 3 is 2.90 bits per heavy atom. The van der Waals surface area contributed by atoms with Crippen LogP contribution in [0, 0.1) is 0 Å². The van der Waals surface area contributed by atoms with E-state index in [1.165, 1.54) is 12.8 Å². The Labute approximate surface area is 125 Å². The first-order valence-electron chi connectivity index (χ1n) is 7.23. The minimum absolute atomic E-state index is 0.179. The van der Waals surface area contributed by atoms with Gasteiger partial charge in [-0.15, -0.1) is 0 Å². The third-order valence-electron chi connectivity index (χ3n) is 3.56. The van der Waals surface area contributed by atoms with Crippen molar-refractivity contribution in [2.45, 2.75) is 18.9 Å². The molecule has 1 unspecified atom stereocenters. The fraction of sp³-hybridized carbons (Fsp3) is 0.600. The minimum atomic E-state index is 0.179. The van der Waals surface area contributed by atoms with Crippen LogP contribution in [0.5, 0.6) is 5.75 Å². The van der Waals surface area contributed by atoms with E-state index in [-0.39, 0.29) is 6.61 Å². The average Bonchev–Trinajstić information content (AvgIpc) is 2.94. The number of rotatable bonds is 8. The molecule has 1 heterocycles. The van der Waals surface area contributed by atoms with Crippen LogP contribution in [0.1, 0.15) is 12.8 Å². The zero-order valence-corrected chi connectivity index (χ0v) is 12.5. The number of para-hydroxylation sites is 1. The molecule has 0 saturated carbocycles. The monoisotopic (exact) mass is 298 g/mol. The predicted octanol–water partition coefficient (Wildman–Crippen LogP) is 1.77. The Morgan fingerprint density at radius 1 is 1.35 bits per heavy atom. The maximum absolute atomic E-state index is 9.15. The van der Waals surface area contributed by atoms with E-state index in [9.17, 15) is 0 Å². The molecule has 1 aromatic carbocycles. The highest BCUT2D eigenvalue weighted by atomic mass is 35.5. The van der Waals surface area contributed by atoms with Crippen molar-refractivity contribution in [1.82, 2.24) is 10.2 Å².